The molecule has 2 aromatic heterocycles. The lowest BCUT2D eigenvalue weighted by Gasteiger charge is -2.22. The van der Waals surface area contributed by atoms with E-state index in [0.29, 0.717) is 23.3 Å². The monoisotopic (exact) mass is 504 g/mol. The van der Waals surface area contributed by atoms with E-state index >= 15 is 0 Å². The van der Waals surface area contributed by atoms with Crippen LogP contribution in [0.4, 0.5) is 23.3 Å². The number of aromatic nitrogens is 3. The SMILES string of the molecule is CC(C)c1cc(Nc2cc(NC(=O)c3c(Cl)cccc3Cl)ccn2)nc(N(CCO)CCO)n1. The van der Waals surface area contributed by atoms with Crippen molar-refractivity contribution in [3.63, 3.8) is 0 Å². The van der Waals surface area contributed by atoms with Crippen LogP contribution in [-0.2, 0) is 0 Å². The van der Waals surface area contributed by atoms with Gasteiger partial charge >= 0.3 is 0 Å². The number of rotatable bonds is 10. The minimum absolute atomic E-state index is 0.100. The number of halogens is 2. The molecule has 4 N–H and O–H groups in total. The van der Waals surface area contributed by atoms with Crippen molar-refractivity contribution in [3.8, 4) is 0 Å². The number of anilines is 4. The molecule has 0 saturated heterocycles. The molecule has 0 aliphatic rings. The summed E-state index contributed by atoms with van der Waals surface area (Å²) in [6.07, 6.45) is 1.54. The maximum atomic E-state index is 12.7. The molecule has 2 heterocycles. The molecule has 0 aliphatic carbocycles. The van der Waals surface area contributed by atoms with Crippen molar-refractivity contribution >= 4 is 52.4 Å². The van der Waals surface area contributed by atoms with E-state index in [1.807, 2.05) is 13.8 Å². The number of carbonyl (C=O) groups is 1. The molecule has 9 nitrogen and oxygen atoms in total. The summed E-state index contributed by atoms with van der Waals surface area (Å²) in [5.74, 6) is 0.988. The van der Waals surface area contributed by atoms with Crippen LogP contribution >= 0.6 is 23.2 Å². The number of benzene rings is 1. The summed E-state index contributed by atoms with van der Waals surface area (Å²) < 4.78 is 0. The Morgan fingerprint density at radius 1 is 1.03 bits per heavy atom. The van der Waals surface area contributed by atoms with Crippen LogP contribution in [0.25, 0.3) is 0 Å². The van der Waals surface area contributed by atoms with Crippen LogP contribution in [0, 0.1) is 0 Å². The maximum absolute atomic E-state index is 12.7. The first-order valence-corrected chi connectivity index (χ1v) is 11.4. The van der Waals surface area contributed by atoms with Crippen LogP contribution in [-0.4, -0.2) is 57.4 Å². The third-order valence-corrected chi connectivity index (χ3v) is 5.44. The fraction of sp³-hybridized carbons (Fsp3) is 0.304. The van der Waals surface area contributed by atoms with E-state index in [-0.39, 0.29) is 47.8 Å². The van der Waals surface area contributed by atoms with Crippen molar-refractivity contribution < 1.29 is 15.0 Å². The highest BCUT2D eigenvalue weighted by atomic mass is 35.5. The molecule has 0 unspecified atom stereocenters. The Bertz CT molecular complexity index is 1120. The number of nitrogens with one attached hydrogen (secondary N) is 2. The zero-order valence-electron chi connectivity index (χ0n) is 18.8. The van der Waals surface area contributed by atoms with Crippen molar-refractivity contribution in [2.24, 2.45) is 0 Å². The number of amides is 1. The summed E-state index contributed by atoms with van der Waals surface area (Å²) in [6, 6.07) is 9.96. The molecule has 0 radical (unpaired) electrons. The summed E-state index contributed by atoms with van der Waals surface area (Å²) in [5.41, 5.74) is 1.46. The predicted octanol–water partition coefficient (Wildman–Crippen LogP) is 4.09. The quantitative estimate of drug-likeness (QED) is 0.325. The van der Waals surface area contributed by atoms with Gasteiger partial charge < -0.3 is 25.7 Å². The number of aliphatic hydroxyl groups is 2. The second kappa shape index (κ2) is 11.9. The molecule has 1 amide bonds. The second-order valence-corrected chi connectivity index (χ2v) is 8.49. The topological polar surface area (TPSA) is 124 Å². The van der Waals surface area contributed by atoms with E-state index in [0.717, 1.165) is 5.69 Å². The molecule has 0 atom stereocenters. The molecule has 34 heavy (non-hydrogen) atoms. The van der Waals surface area contributed by atoms with Crippen LogP contribution < -0.4 is 15.5 Å². The van der Waals surface area contributed by atoms with E-state index < -0.39 is 5.91 Å². The lowest BCUT2D eigenvalue weighted by atomic mass is 10.1. The van der Waals surface area contributed by atoms with Crippen molar-refractivity contribution in [2.75, 3.05) is 41.8 Å². The lowest BCUT2D eigenvalue weighted by Crippen LogP contribution is -2.31. The highest BCUT2D eigenvalue weighted by Crippen LogP contribution is 2.26. The van der Waals surface area contributed by atoms with Crippen molar-refractivity contribution in [2.45, 2.75) is 19.8 Å². The summed E-state index contributed by atoms with van der Waals surface area (Å²) in [6.45, 7) is 4.38. The van der Waals surface area contributed by atoms with Crippen molar-refractivity contribution in [1.82, 2.24) is 15.0 Å². The molecule has 0 saturated carbocycles. The number of hydrogen-bond donors (Lipinski definition) is 4. The first-order chi connectivity index (χ1) is 16.3. The van der Waals surface area contributed by atoms with E-state index in [1.54, 1.807) is 47.5 Å². The van der Waals surface area contributed by atoms with Crippen molar-refractivity contribution in [3.05, 3.63) is 63.9 Å². The van der Waals surface area contributed by atoms with Gasteiger partial charge in [0.15, 0.2) is 0 Å². The van der Waals surface area contributed by atoms with Gasteiger partial charge in [0.25, 0.3) is 5.91 Å². The smallest absolute Gasteiger partial charge is 0.258 e. The number of carbonyl (C=O) groups excluding carboxylic acids is 1. The number of aliphatic hydroxyl groups excluding tert-OH is 2. The van der Waals surface area contributed by atoms with Gasteiger partial charge in [-0.1, -0.05) is 43.1 Å². The third-order valence-electron chi connectivity index (χ3n) is 4.81. The standard InChI is InChI=1S/C23H26Cl2N6O3/c1-14(2)18-13-20(30-23(28-18)31(8-10-32)9-11-33)29-19-12-15(6-7-26-19)27-22(34)21-16(24)4-3-5-17(21)25/h3-7,12-14,32-33H,8-11H2,1-2H3,(H2,26,27,28,29,30,34). The third kappa shape index (κ3) is 6.54. The Labute approximate surface area is 207 Å². The van der Waals surface area contributed by atoms with E-state index in [1.165, 1.54) is 0 Å². The number of pyridine rings is 1. The molecular formula is C23H26Cl2N6O3. The van der Waals surface area contributed by atoms with Crippen LogP contribution in [0.2, 0.25) is 10.0 Å². The van der Waals surface area contributed by atoms with Crippen LogP contribution in [0.5, 0.6) is 0 Å². The average molecular weight is 505 g/mol. The Balaban J connectivity index is 1.85. The fourth-order valence-electron chi connectivity index (χ4n) is 3.12. The Morgan fingerprint density at radius 2 is 1.71 bits per heavy atom. The Morgan fingerprint density at radius 3 is 2.32 bits per heavy atom. The zero-order valence-corrected chi connectivity index (χ0v) is 20.3. The number of nitrogens with zero attached hydrogens (tertiary/aromatic N) is 4. The van der Waals surface area contributed by atoms with Crippen LogP contribution in [0.1, 0.15) is 35.8 Å². The highest BCUT2D eigenvalue weighted by Gasteiger charge is 2.16. The Kier molecular flexibility index (Phi) is 9.00. The molecule has 0 bridgehead atoms. The van der Waals surface area contributed by atoms with Crippen molar-refractivity contribution in [1.29, 1.82) is 0 Å². The van der Waals surface area contributed by atoms with E-state index in [2.05, 4.69) is 25.6 Å². The first kappa shape index (κ1) is 25.6. The molecule has 3 aromatic rings. The van der Waals surface area contributed by atoms with Gasteiger partial charge in [-0.25, -0.2) is 9.97 Å². The molecule has 0 aliphatic heterocycles. The molecule has 0 spiro atoms. The first-order valence-electron chi connectivity index (χ1n) is 10.7. The Hall–Kier alpha value is -2.98. The maximum Gasteiger partial charge on any atom is 0.258 e. The van der Waals surface area contributed by atoms with Gasteiger partial charge in [0, 0.05) is 37.1 Å². The lowest BCUT2D eigenvalue weighted by molar-refractivity contribution is 0.102. The van der Waals surface area contributed by atoms with Gasteiger partial charge in [-0.15, -0.1) is 0 Å². The minimum atomic E-state index is -0.442. The van der Waals surface area contributed by atoms with Crippen LogP contribution in [0.15, 0.2) is 42.6 Å². The molecule has 1 aromatic carbocycles. The highest BCUT2D eigenvalue weighted by molar-refractivity contribution is 6.40. The average Bonchev–Trinajstić information content (AvgIpc) is 2.79. The van der Waals surface area contributed by atoms with Gasteiger partial charge in [-0.3, -0.25) is 4.79 Å². The normalized spacial score (nSPS) is 10.9. The fourth-order valence-corrected chi connectivity index (χ4v) is 3.69. The summed E-state index contributed by atoms with van der Waals surface area (Å²) >= 11 is 12.3. The summed E-state index contributed by atoms with van der Waals surface area (Å²) in [5, 5.41) is 25.2. The molecular weight excluding hydrogens is 479 g/mol. The molecule has 180 valence electrons. The van der Waals surface area contributed by atoms with Gasteiger partial charge in [0.2, 0.25) is 5.95 Å². The number of hydrogen-bond acceptors (Lipinski definition) is 8. The second-order valence-electron chi connectivity index (χ2n) is 7.67. The van der Waals surface area contributed by atoms with Gasteiger partial charge in [-0.05, 0) is 24.1 Å². The molecule has 0 fully saturated rings. The predicted molar refractivity (Wildman–Crippen MR) is 134 cm³/mol. The van der Waals surface area contributed by atoms with E-state index in [9.17, 15) is 15.0 Å². The largest absolute Gasteiger partial charge is 0.395 e. The van der Waals surface area contributed by atoms with E-state index in [4.69, 9.17) is 23.2 Å². The minimum Gasteiger partial charge on any atom is -0.395 e. The zero-order chi connectivity index (χ0) is 24.7. The van der Waals surface area contributed by atoms with Gasteiger partial charge in [0.05, 0.1) is 34.5 Å². The molecule has 11 heteroatoms. The molecule has 3 rings (SSSR count). The van der Waals surface area contributed by atoms with Gasteiger partial charge in [0.1, 0.15) is 11.6 Å². The summed E-state index contributed by atoms with van der Waals surface area (Å²) in [7, 11) is 0. The summed E-state index contributed by atoms with van der Waals surface area (Å²) in [4.78, 5) is 27.8. The van der Waals surface area contributed by atoms with Gasteiger partial charge in [-0.2, -0.15) is 4.98 Å². The van der Waals surface area contributed by atoms with Crippen LogP contribution in [0.3, 0.4) is 0 Å².